The van der Waals surface area contributed by atoms with E-state index in [1.54, 1.807) is 22.6 Å². The van der Waals surface area contributed by atoms with Gasteiger partial charge in [-0.25, -0.2) is 0 Å². The molecule has 2 heterocycles. The van der Waals surface area contributed by atoms with E-state index in [1.807, 2.05) is 66.2 Å². The van der Waals surface area contributed by atoms with E-state index < -0.39 is 12.6 Å². The van der Waals surface area contributed by atoms with Gasteiger partial charge in [0.1, 0.15) is 0 Å². The molecule has 4 rings (SSSR count). The minimum atomic E-state index is -3.18. The van der Waals surface area contributed by atoms with Gasteiger partial charge in [0.25, 0.3) is 13.4 Å². The average Bonchev–Trinajstić information content (AvgIpc) is 2.68. The summed E-state index contributed by atoms with van der Waals surface area (Å²) in [6, 6.07) is 17.2. The summed E-state index contributed by atoms with van der Waals surface area (Å²) in [4.78, 5) is 17.7. The fraction of sp³-hybridized carbons (Fsp3) is 0.263. The summed E-state index contributed by atoms with van der Waals surface area (Å²) in [5, 5.41) is -0.478. The molecule has 2 atom stereocenters. The molecule has 0 radical (unpaired) electrons. The van der Waals surface area contributed by atoms with Gasteiger partial charge < -0.3 is 4.67 Å². The lowest BCUT2D eigenvalue weighted by Gasteiger charge is -2.48. The molecule has 0 spiro atoms. The number of nitrogens with zero attached hydrogens (tertiary/aromatic N) is 3. The number of anilines is 1. The van der Waals surface area contributed by atoms with E-state index in [2.05, 4.69) is 4.99 Å². The number of fused-ring (bicyclic) bond motifs is 2. The number of benzene rings is 2. The molecule has 2 aliphatic heterocycles. The van der Waals surface area contributed by atoms with Gasteiger partial charge in [0, 0.05) is 25.1 Å². The Hall–Kier alpha value is -2.04. The van der Waals surface area contributed by atoms with Gasteiger partial charge in [-0.3, -0.25) is 19.0 Å². The van der Waals surface area contributed by atoms with Crippen LogP contribution in [0.3, 0.4) is 0 Å². The number of aliphatic imine (C=N–C) groups is 1. The Bertz CT molecular complexity index is 903. The maximum atomic E-state index is 14.2. The second-order valence-corrected chi connectivity index (χ2v) is 10.3. The van der Waals surface area contributed by atoms with Crippen LogP contribution >= 0.6 is 19.2 Å². The van der Waals surface area contributed by atoms with Crippen LogP contribution in [0.2, 0.25) is 0 Å². The van der Waals surface area contributed by atoms with Crippen molar-refractivity contribution in [3.63, 3.8) is 0 Å². The summed E-state index contributed by atoms with van der Waals surface area (Å²) >= 11 is 1.57. The molecule has 0 saturated carbocycles. The van der Waals surface area contributed by atoms with Crippen molar-refractivity contribution < 1.29 is 9.36 Å². The molecular weight excluding hydrogens is 365 g/mol. The van der Waals surface area contributed by atoms with Gasteiger partial charge in [-0.1, -0.05) is 42.5 Å². The van der Waals surface area contributed by atoms with Crippen LogP contribution in [-0.4, -0.2) is 40.7 Å². The molecule has 0 aromatic heterocycles. The second-order valence-electron chi connectivity index (χ2n) is 6.14. The summed E-state index contributed by atoms with van der Waals surface area (Å²) in [5.41, 5.74) is 2.34. The number of carbonyl (C=O) groups is 1. The first-order valence-electron chi connectivity index (χ1n) is 8.65. The van der Waals surface area contributed by atoms with E-state index in [9.17, 15) is 9.36 Å². The Morgan fingerprint density at radius 1 is 1.19 bits per heavy atom. The van der Waals surface area contributed by atoms with Crippen LogP contribution in [0.25, 0.3) is 0 Å². The van der Waals surface area contributed by atoms with E-state index in [4.69, 9.17) is 0 Å². The Morgan fingerprint density at radius 3 is 2.69 bits per heavy atom. The average molecular weight is 385 g/mol. The largest absolute Gasteiger partial charge is 0.304 e. The number of thioether (sulfide) groups is 1. The van der Waals surface area contributed by atoms with Gasteiger partial charge in [-0.05, 0) is 24.6 Å². The second kappa shape index (κ2) is 6.93. The molecule has 5 nitrogen and oxygen atoms in total. The summed E-state index contributed by atoms with van der Waals surface area (Å²) in [7, 11) is -3.18. The monoisotopic (exact) mass is 385 g/mol. The van der Waals surface area contributed by atoms with Crippen molar-refractivity contribution in [1.29, 1.82) is 0 Å². The molecule has 1 saturated heterocycles. The first kappa shape index (κ1) is 17.4. The minimum Gasteiger partial charge on any atom is -0.304 e. The Morgan fingerprint density at radius 2 is 1.92 bits per heavy atom. The normalized spacial score (nSPS) is 25.3. The molecule has 0 aliphatic carbocycles. The summed E-state index contributed by atoms with van der Waals surface area (Å²) in [6.07, 6.45) is 1.76. The van der Waals surface area contributed by atoms with Crippen molar-refractivity contribution >= 4 is 37.0 Å². The molecule has 26 heavy (non-hydrogen) atoms. The van der Waals surface area contributed by atoms with E-state index in [0.29, 0.717) is 18.7 Å². The van der Waals surface area contributed by atoms with Crippen LogP contribution in [0.5, 0.6) is 0 Å². The van der Waals surface area contributed by atoms with E-state index in [1.165, 1.54) is 0 Å². The summed E-state index contributed by atoms with van der Waals surface area (Å²) in [6.45, 7) is 3.03. The third kappa shape index (κ3) is 2.68. The first-order chi connectivity index (χ1) is 12.7. The highest BCUT2D eigenvalue weighted by molar-refractivity contribution is 8.06. The van der Waals surface area contributed by atoms with Crippen LogP contribution in [0.1, 0.15) is 22.8 Å². The molecule has 7 heteroatoms. The highest BCUT2D eigenvalue weighted by Gasteiger charge is 2.53. The van der Waals surface area contributed by atoms with Gasteiger partial charge >= 0.3 is 0 Å². The molecule has 2 aromatic carbocycles. The van der Waals surface area contributed by atoms with Crippen molar-refractivity contribution in [2.24, 2.45) is 4.99 Å². The van der Waals surface area contributed by atoms with E-state index >= 15 is 0 Å². The minimum absolute atomic E-state index is 0.145. The highest BCUT2D eigenvalue weighted by Crippen LogP contribution is 2.67. The van der Waals surface area contributed by atoms with Crippen LogP contribution in [0, 0.1) is 0 Å². The zero-order chi connectivity index (χ0) is 18.1. The Balaban J connectivity index is 1.78. The molecule has 134 valence electrons. The number of para-hydroxylation sites is 1. The predicted octanol–water partition coefficient (Wildman–Crippen LogP) is 4.31. The maximum Gasteiger partial charge on any atom is 0.299 e. The summed E-state index contributed by atoms with van der Waals surface area (Å²) < 4.78 is 17.7. The number of rotatable bonds is 3. The standard InChI is InChI=1S/C19H20N3O2PS/c1-2-21-17-11-7-6-10-16(17)18(23)22-12-13-26-19(25(21,22)24)20-14-15-8-4-3-5-9-15/h3-11,14,19H,2,12-13H2,1H3/b20-14+. The smallest absolute Gasteiger partial charge is 0.299 e. The number of hydrogen-bond donors (Lipinski definition) is 0. The molecule has 2 unspecified atom stereocenters. The van der Waals surface area contributed by atoms with Crippen molar-refractivity contribution in [2.45, 2.75) is 12.0 Å². The number of hydrogen-bond acceptors (Lipinski definition) is 4. The maximum absolute atomic E-state index is 14.2. The SMILES string of the molecule is CCN1c2ccccc2C(=O)N2CCSC(/N=C/c3ccccc3)P21=O. The first-order valence-corrected chi connectivity index (χ1v) is 11.4. The lowest BCUT2D eigenvalue weighted by molar-refractivity contribution is 0.0858. The van der Waals surface area contributed by atoms with Crippen molar-refractivity contribution in [1.82, 2.24) is 4.67 Å². The Kier molecular flexibility index (Phi) is 4.63. The third-order valence-corrected chi connectivity index (χ3v) is 9.73. The zero-order valence-corrected chi connectivity index (χ0v) is 16.2. The van der Waals surface area contributed by atoms with Gasteiger partial charge in [0.2, 0.25) is 0 Å². The third-order valence-electron chi connectivity index (χ3n) is 4.65. The molecular formula is C19H20N3O2PS. The molecule has 2 aliphatic rings. The Labute approximate surface area is 157 Å². The molecule has 2 aromatic rings. The van der Waals surface area contributed by atoms with Gasteiger partial charge in [0.05, 0.1) is 11.3 Å². The number of amides is 1. The quantitative estimate of drug-likeness (QED) is 0.584. The molecule has 1 amide bonds. The van der Waals surface area contributed by atoms with Gasteiger partial charge in [0.15, 0.2) is 5.11 Å². The molecule has 0 N–H and O–H groups in total. The summed E-state index contributed by atoms with van der Waals surface area (Å²) in [5.74, 6) is 0.584. The van der Waals surface area contributed by atoms with Crippen LogP contribution < -0.4 is 4.67 Å². The lowest BCUT2D eigenvalue weighted by atomic mass is 10.1. The van der Waals surface area contributed by atoms with Gasteiger partial charge in [-0.2, -0.15) is 0 Å². The lowest BCUT2D eigenvalue weighted by Crippen LogP contribution is -2.47. The van der Waals surface area contributed by atoms with Crippen molar-refractivity contribution in [2.75, 3.05) is 23.5 Å². The fourth-order valence-corrected chi connectivity index (χ4v) is 8.63. The van der Waals surface area contributed by atoms with Crippen LogP contribution in [-0.2, 0) is 4.57 Å². The number of carbonyl (C=O) groups excluding carboxylic acids is 1. The van der Waals surface area contributed by atoms with Crippen molar-refractivity contribution in [3.05, 3.63) is 65.7 Å². The predicted molar refractivity (Wildman–Crippen MR) is 108 cm³/mol. The van der Waals surface area contributed by atoms with Gasteiger partial charge in [-0.15, -0.1) is 11.8 Å². The van der Waals surface area contributed by atoms with E-state index in [0.717, 1.165) is 17.0 Å². The zero-order valence-electron chi connectivity index (χ0n) is 14.5. The van der Waals surface area contributed by atoms with E-state index in [-0.39, 0.29) is 5.91 Å². The highest BCUT2D eigenvalue weighted by atomic mass is 32.2. The molecule has 1 fully saturated rings. The van der Waals surface area contributed by atoms with Crippen LogP contribution in [0.4, 0.5) is 5.69 Å². The van der Waals surface area contributed by atoms with Crippen molar-refractivity contribution in [3.8, 4) is 0 Å². The van der Waals surface area contributed by atoms with Crippen LogP contribution in [0.15, 0.2) is 59.6 Å². The molecule has 0 bridgehead atoms. The topological polar surface area (TPSA) is 53.0 Å². The fourth-order valence-electron chi connectivity index (χ4n) is 3.45.